The van der Waals surface area contributed by atoms with E-state index in [1.807, 2.05) is 6.07 Å². The Kier molecular flexibility index (Phi) is 4.64. The molecule has 20 heavy (non-hydrogen) atoms. The van der Waals surface area contributed by atoms with Crippen LogP contribution in [-0.4, -0.2) is 41.2 Å². The molecule has 1 aromatic rings. The fraction of sp³-hybridized carbons (Fsp3) is 0.231. The molecule has 106 valence electrons. The van der Waals surface area contributed by atoms with E-state index in [1.165, 1.54) is 0 Å². The molecule has 0 aliphatic carbocycles. The number of hydrogen-bond acceptors (Lipinski definition) is 6. The fourth-order valence-corrected chi connectivity index (χ4v) is 2.96. The first-order valence-electron chi connectivity index (χ1n) is 5.69. The van der Waals surface area contributed by atoms with Gasteiger partial charge in [-0.2, -0.15) is 0 Å². The highest BCUT2D eigenvalue weighted by Gasteiger charge is 2.31. The maximum Gasteiger partial charge on any atom is 0.268 e. The Bertz CT molecular complexity index is 586. The van der Waals surface area contributed by atoms with Crippen molar-refractivity contribution < 1.29 is 19.4 Å². The van der Waals surface area contributed by atoms with Gasteiger partial charge >= 0.3 is 0 Å². The molecule has 1 aliphatic rings. The van der Waals surface area contributed by atoms with Crippen LogP contribution in [0.25, 0.3) is 6.08 Å². The van der Waals surface area contributed by atoms with Gasteiger partial charge in [-0.25, -0.2) is 0 Å². The van der Waals surface area contributed by atoms with Crippen LogP contribution in [0.2, 0.25) is 0 Å². The first kappa shape index (κ1) is 14.8. The Labute approximate surface area is 126 Å². The average Bonchev–Trinajstić information content (AvgIpc) is 2.72. The van der Waals surface area contributed by atoms with Gasteiger partial charge in [0.05, 0.1) is 19.1 Å². The highest BCUT2D eigenvalue weighted by atomic mass is 32.2. The second kappa shape index (κ2) is 6.25. The number of benzene rings is 1. The van der Waals surface area contributed by atoms with Crippen LogP contribution in [0, 0.1) is 0 Å². The van der Waals surface area contributed by atoms with E-state index in [0.29, 0.717) is 20.7 Å². The van der Waals surface area contributed by atoms with Gasteiger partial charge in [0, 0.05) is 0 Å². The Balaban J connectivity index is 2.32. The minimum Gasteiger partial charge on any atom is -0.493 e. The second-order valence-corrected chi connectivity index (χ2v) is 5.54. The van der Waals surface area contributed by atoms with Crippen molar-refractivity contribution >= 4 is 40.3 Å². The maximum atomic E-state index is 12.0. The highest BCUT2D eigenvalue weighted by Crippen LogP contribution is 2.34. The van der Waals surface area contributed by atoms with Gasteiger partial charge in [-0.3, -0.25) is 9.69 Å². The monoisotopic (exact) mass is 311 g/mol. The van der Waals surface area contributed by atoms with E-state index >= 15 is 0 Å². The lowest BCUT2D eigenvalue weighted by Gasteiger charge is -2.09. The second-order valence-electron chi connectivity index (χ2n) is 3.87. The van der Waals surface area contributed by atoms with Crippen molar-refractivity contribution in [3.8, 4) is 11.5 Å². The van der Waals surface area contributed by atoms with E-state index in [9.17, 15) is 4.79 Å². The predicted molar refractivity (Wildman–Crippen MR) is 81.6 cm³/mol. The largest absolute Gasteiger partial charge is 0.493 e. The van der Waals surface area contributed by atoms with Crippen molar-refractivity contribution in [3.05, 3.63) is 28.7 Å². The van der Waals surface area contributed by atoms with Gasteiger partial charge in [0.2, 0.25) is 0 Å². The molecule has 0 bridgehead atoms. The summed E-state index contributed by atoms with van der Waals surface area (Å²) in [6.45, 7) is -0.409. The number of aliphatic hydroxyl groups excluding tert-OH is 1. The predicted octanol–water partition coefficient (Wildman–Crippen LogP) is 1.85. The summed E-state index contributed by atoms with van der Waals surface area (Å²) in [6, 6.07) is 5.34. The molecule has 5 nitrogen and oxygen atoms in total. The topological polar surface area (TPSA) is 59.0 Å². The molecule has 0 spiro atoms. The zero-order valence-electron chi connectivity index (χ0n) is 11.0. The first-order valence-corrected chi connectivity index (χ1v) is 6.91. The van der Waals surface area contributed by atoms with Crippen molar-refractivity contribution in [1.82, 2.24) is 4.90 Å². The van der Waals surface area contributed by atoms with Gasteiger partial charge < -0.3 is 14.6 Å². The van der Waals surface area contributed by atoms with Crippen LogP contribution in [0.15, 0.2) is 23.1 Å². The maximum absolute atomic E-state index is 12.0. The van der Waals surface area contributed by atoms with Crippen LogP contribution in [0.4, 0.5) is 0 Å². The van der Waals surface area contributed by atoms with Crippen molar-refractivity contribution in [1.29, 1.82) is 0 Å². The summed E-state index contributed by atoms with van der Waals surface area (Å²) < 4.78 is 10.7. The molecule has 1 fully saturated rings. The zero-order valence-corrected chi connectivity index (χ0v) is 12.6. The lowest BCUT2D eigenvalue weighted by Crippen LogP contribution is -2.28. The molecule has 7 heteroatoms. The standard InChI is InChI=1S/C13H13NO4S2/c1-17-9-4-3-8(5-10(9)18-2)6-11-12(16)14(7-15)13(19)20-11/h3-6,15H,7H2,1-2H3/b11-6+. The Hall–Kier alpha value is -1.57. The van der Waals surface area contributed by atoms with E-state index in [-0.39, 0.29) is 5.91 Å². The summed E-state index contributed by atoms with van der Waals surface area (Å²) in [7, 11) is 3.11. The third kappa shape index (κ3) is 2.79. The van der Waals surface area contributed by atoms with Crippen LogP contribution in [-0.2, 0) is 4.79 Å². The van der Waals surface area contributed by atoms with Gasteiger partial charge in [0.15, 0.2) is 11.5 Å². The molecule has 1 N–H and O–H groups in total. The van der Waals surface area contributed by atoms with Crippen molar-refractivity contribution in [3.63, 3.8) is 0 Å². The lowest BCUT2D eigenvalue weighted by atomic mass is 10.2. The van der Waals surface area contributed by atoms with E-state index in [4.69, 9.17) is 26.8 Å². The van der Waals surface area contributed by atoms with E-state index in [1.54, 1.807) is 32.4 Å². The van der Waals surface area contributed by atoms with Gasteiger partial charge in [0.1, 0.15) is 11.1 Å². The number of amides is 1. The van der Waals surface area contributed by atoms with Crippen LogP contribution < -0.4 is 9.47 Å². The van der Waals surface area contributed by atoms with Gasteiger partial charge in [-0.15, -0.1) is 0 Å². The van der Waals surface area contributed by atoms with E-state index in [2.05, 4.69) is 0 Å². The van der Waals surface area contributed by atoms with Crippen LogP contribution in [0.1, 0.15) is 5.56 Å². The molecule has 0 saturated carbocycles. The Morgan fingerprint density at radius 1 is 1.35 bits per heavy atom. The quantitative estimate of drug-likeness (QED) is 0.676. The molecule has 1 amide bonds. The third-order valence-corrected chi connectivity index (χ3v) is 4.10. The third-order valence-electron chi connectivity index (χ3n) is 2.72. The molecule has 1 heterocycles. The molecule has 0 unspecified atom stereocenters. The van der Waals surface area contributed by atoms with Gasteiger partial charge in [-0.1, -0.05) is 30.0 Å². The van der Waals surface area contributed by atoms with Crippen LogP contribution >= 0.6 is 24.0 Å². The van der Waals surface area contributed by atoms with Crippen molar-refractivity contribution in [2.45, 2.75) is 0 Å². The summed E-state index contributed by atoms with van der Waals surface area (Å²) in [4.78, 5) is 13.6. The molecule has 0 radical (unpaired) electrons. The first-order chi connectivity index (χ1) is 9.60. The Morgan fingerprint density at radius 2 is 2.05 bits per heavy atom. The van der Waals surface area contributed by atoms with Crippen molar-refractivity contribution in [2.75, 3.05) is 21.0 Å². The van der Waals surface area contributed by atoms with Gasteiger partial charge in [-0.05, 0) is 23.8 Å². The van der Waals surface area contributed by atoms with Crippen LogP contribution in [0.3, 0.4) is 0 Å². The smallest absolute Gasteiger partial charge is 0.268 e. The number of carbonyl (C=O) groups excluding carboxylic acids is 1. The summed E-state index contributed by atoms with van der Waals surface area (Å²) in [5.41, 5.74) is 0.793. The number of hydrogen-bond donors (Lipinski definition) is 1. The fourth-order valence-electron chi connectivity index (χ4n) is 1.72. The molecule has 1 aliphatic heterocycles. The summed E-state index contributed by atoms with van der Waals surface area (Å²) in [5, 5.41) is 9.08. The van der Waals surface area contributed by atoms with E-state index < -0.39 is 6.73 Å². The number of ether oxygens (including phenoxy) is 2. The number of methoxy groups -OCH3 is 2. The number of aliphatic hydroxyl groups is 1. The molecular weight excluding hydrogens is 298 g/mol. The van der Waals surface area contributed by atoms with Gasteiger partial charge in [0.25, 0.3) is 5.91 Å². The zero-order chi connectivity index (χ0) is 14.7. The molecule has 0 atom stereocenters. The summed E-state index contributed by atoms with van der Waals surface area (Å²) >= 11 is 6.18. The molecule has 0 aromatic heterocycles. The minimum absolute atomic E-state index is 0.294. The summed E-state index contributed by atoms with van der Waals surface area (Å²) in [6.07, 6.45) is 1.71. The number of thiocarbonyl (C=S) groups is 1. The number of rotatable bonds is 4. The number of nitrogens with zero attached hydrogens (tertiary/aromatic N) is 1. The average molecular weight is 311 g/mol. The normalized spacial score (nSPS) is 16.9. The minimum atomic E-state index is -0.409. The van der Waals surface area contributed by atoms with Crippen molar-refractivity contribution in [2.24, 2.45) is 0 Å². The number of carbonyl (C=O) groups is 1. The Morgan fingerprint density at radius 3 is 2.60 bits per heavy atom. The van der Waals surface area contributed by atoms with E-state index in [0.717, 1.165) is 22.2 Å². The number of thioether (sulfide) groups is 1. The highest BCUT2D eigenvalue weighted by molar-refractivity contribution is 8.26. The molecule has 1 saturated heterocycles. The molecular formula is C13H13NO4S2. The van der Waals surface area contributed by atoms with Crippen LogP contribution in [0.5, 0.6) is 11.5 Å². The summed E-state index contributed by atoms with van der Waals surface area (Å²) in [5.74, 6) is 0.906. The molecule has 1 aromatic carbocycles. The SMILES string of the molecule is COc1ccc(/C=C2/SC(=S)N(CO)C2=O)cc1OC. The molecule has 2 rings (SSSR count). The lowest BCUT2D eigenvalue weighted by molar-refractivity contribution is -0.124.